The molecule has 5 heteroatoms. The van der Waals surface area contributed by atoms with E-state index in [9.17, 15) is 0 Å². The van der Waals surface area contributed by atoms with Crippen LogP contribution in [0.15, 0.2) is 12.3 Å². The van der Waals surface area contributed by atoms with Gasteiger partial charge in [0, 0.05) is 44.8 Å². The molecule has 0 aromatic carbocycles. The second-order valence-corrected chi connectivity index (χ2v) is 7.31. The zero-order valence-electron chi connectivity index (χ0n) is 14.4. The number of nitrogens with zero attached hydrogens (tertiary/aromatic N) is 4. The van der Waals surface area contributed by atoms with Crippen LogP contribution in [0.5, 0.6) is 5.75 Å². The van der Waals surface area contributed by atoms with E-state index in [2.05, 4.69) is 34.6 Å². The predicted molar refractivity (Wildman–Crippen MR) is 93.6 cm³/mol. The molecule has 3 aliphatic rings. The molecule has 0 bridgehead atoms. The number of ether oxygens (including phenoxy) is 1. The van der Waals surface area contributed by atoms with E-state index in [0.717, 1.165) is 50.9 Å². The number of pyridine rings is 1. The molecule has 23 heavy (non-hydrogen) atoms. The second kappa shape index (κ2) is 6.19. The summed E-state index contributed by atoms with van der Waals surface area (Å²) in [5.41, 5.74) is 1.22. The van der Waals surface area contributed by atoms with Gasteiger partial charge in [0.2, 0.25) is 0 Å². The number of piperazine rings is 1. The lowest BCUT2D eigenvalue weighted by atomic mass is 10.1. The first-order chi connectivity index (χ1) is 11.2. The molecule has 0 amide bonds. The standard InChI is InChI=1S/C18H28N4O/c1-14(2)21-8-9-22-16(12-21)13-23-17-10-15(11-19-18(17)22)20-6-4-3-5-7-20/h10-11,14,16H,3-9,12-13H2,1-2H3/t16-/m0/s1. The lowest BCUT2D eigenvalue weighted by molar-refractivity contribution is 0.140. The Morgan fingerprint density at radius 1 is 1.13 bits per heavy atom. The summed E-state index contributed by atoms with van der Waals surface area (Å²) in [5.74, 6) is 2.02. The van der Waals surface area contributed by atoms with Crippen molar-refractivity contribution < 1.29 is 4.74 Å². The molecule has 2 saturated heterocycles. The van der Waals surface area contributed by atoms with Crippen molar-refractivity contribution in [3.8, 4) is 5.75 Å². The Hall–Kier alpha value is -1.49. The van der Waals surface area contributed by atoms with E-state index >= 15 is 0 Å². The van der Waals surface area contributed by atoms with Crippen molar-refractivity contribution in [3.63, 3.8) is 0 Å². The monoisotopic (exact) mass is 316 g/mol. The average Bonchev–Trinajstić information content (AvgIpc) is 2.61. The Bertz CT molecular complexity index is 556. The first-order valence-electron chi connectivity index (χ1n) is 9.11. The van der Waals surface area contributed by atoms with Gasteiger partial charge in [-0.1, -0.05) is 0 Å². The molecular formula is C18H28N4O. The van der Waals surface area contributed by atoms with Crippen LogP contribution in [0.4, 0.5) is 11.5 Å². The lowest BCUT2D eigenvalue weighted by Crippen LogP contribution is -2.58. The van der Waals surface area contributed by atoms with Crippen molar-refractivity contribution in [2.24, 2.45) is 0 Å². The van der Waals surface area contributed by atoms with E-state index in [1.807, 2.05) is 6.20 Å². The molecule has 1 aromatic heterocycles. The number of hydrogen-bond acceptors (Lipinski definition) is 5. The van der Waals surface area contributed by atoms with E-state index in [1.165, 1.54) is 24.9 Å². The number of rotatable bonds is 2. The number of hydrogen-bond donors (Lipinski definition) is 0. The molecule has 1 atom stereocenters. The number of piperidine rings is 1. The summed E-state index contributed by atoms with van der Waals surface area (Å²) < 4.78 is 6.09. The van der Waals surface area contributed by atoms with E-state index < -0.39 is 0 Å². The fourth-order valence-corrected chi connectivity index (χ4v) is 4.03. The van der Waals surface area contributed by atoms with Gasteiger partial charge in [-0.05, 0) is 33.1 Å². The highest BCUT2D eigenvalue weighted by atomic mass is 16.5. The van der Waals surface area contributed by atoms with Crippen molar-refractivity contribution in [1.82, 2.24) is 9.88 Å². The van der Waals surface area contributed by atoms with Crippen LogP contribution in [0, 0.1) is 0 Å². The Morgan fingerprint density at radius 2 is 1.96 bits per heavy atom. The van der Waals surface area contributed by atoms with Crippen LogP contribution in [0.1, 0.15) is 33.1 Å². The van der Waals surface area contributed by atoms with Gasteiger partial charge in [-0.3, -0.25) is 4.90 Å². The maximum atomic E-state index is 6.09. The first kappa shape index (κ1) is 15.1. The van der Waals surface area contributed by atoms with Crippen molar-refractivity contribution in [3.05, 3.63) is 12.3 Å². The minimum Gasteiger partial charge on any atom is -0.487 e. The van der Waals surface area contributed by atoms with Gasteiger partial charge in [-0.25, -0.2) is 4.98 Å². The second-order valence-electron chi connectivity index (χ2n) is 7.31. The summed E-state index contributed by atoms with van der Waals surface area (Å²) in [7, 11) is 0. The SMILES string of the molecule is CC(C)N1CCN2c3ncc(N4CCCCC4)cc3OC[C@@H]2C1. The minimum absolute atomic E-state index is 0.437. The maximum absolute atomic E-state index is 6.09. The molecular weight excluding hydrogens is 288 g/mol. The van der Waals surface area contributed by atoms with Crippen molar-refractivity contribution in [2.75, 3.05) is 49.1 Å². The van der Waals surface area contributed by atoms with Crippen molar-refractivity contribution in [2.45, 2.75) is 45.2 Å². The van der Waals surface area contributed by atoms with Crippen molar-refractivity contribution >= 4 is 11.5 Å². The van der Waals surface area contributed by atoms with Gasteiger partial charge in [-0.15, -0.1) is 0 Å². The molecule has 3 aliphatic heterocycles. The smallest absolute Gasteiger partial charge is 0.171 e. The van der Waals surface area contributed by atoms with Gasteiger partial charge in [0.25, 0.3) is 0 Å². The largest absolute Gasteiger partial charge is 0.487 e. The van der Waals surface area contributed by atoms with Crippen LogP contribution in [-0.4, -0.2) is 61.3 Å². The van der Waals surface area contributed by atoms with Gasteiger partial charge in [0.15, 0.2) is 11.6 Å². The molecule has 1 aromatic rings. The van der Waals surface area contributed by atoms with Gasteiger partial charge in [0.05, 0.1) is 17.9 Å². The highest BCUT2D eigenvalue weighted by Crippen LogP contribution is 2.36. The Morgan fingerprint density at radius 3 is 2.74 bits per heavy atom. The number of aromatic nitrogens is 1. The molecule has 0 saturated carbocycles. The zero-order chi connectivity index (χ0) is 15.8. The lowest BCUT2D eigenvalue weighted by Gasteiger charge is -2.46. The summed E-state index contributed by atoms with van der Waals surface area (Å²) in [5, 5.41) is 0. The third-order valence-electron chi connectivity index (χ3n) is 5.49. The van der Waals surface area contributed by atoms with Crippen LogP contribution in [0.3, 0.4) is 0 Å². The van der Waals surface area contributed by atoms with Crippen LogP contribution >= 0.6 is 0 Å². The Labute approximate surface area is 139 Å². The average molecular weight is 316 g/mol. The fourth-order valence-electron chi connectivity index (χ4n) is 4.03. The van der Waals surface area contributed by atoms with E-state index in [4.69, 9.17) is 9.72 Å². The molecule has 126 valence electrons. The topological polar surface area (TPSA) is 31.8 Å². The van der Waals surface area contributed by atoms with Crippen molar-refractivity contribution in [1.29, 1.82) is 0 Å². The molecule has 0 aliphatic carbocycles. The highest BCUT2D eigenvalue weighted by molar-refractivity contribution is 5.62. The normalized spacial score (nSPS) is 25.1. The molecule has 2 fully saturated rings. The molecule has 0 spiro atoms. The third-order valence-corrected chi connectivity index (χ3v) is 5.49. The van der Waals surface area contributed by atoms with Gasteiger partial charge < -0.3 is 14.5 Å². The third kappa shape index (κ3) is 2.87. The van der Waals surface area contributed by atoms with Gasteiger partial charge >= 0.3 is 0 Å². The van der Waals surface area contributed by atoms with Gasteiger partial charge in [-0.2, -0.15) is 0 Å². The summed E-state index contributed by atoms with van der Waals surface area (Å²) >= 11 is 0. The molecule has 0 radical (unpaired) electrons. The van der Waals surface area contributed by atoms with Crippen LogP contribution in [0.2, 0.25) is 0 Å². The molecule has 5 nitrogen and oxygen atoms in total. The minimum atomic E-state index is 0.437. The van der Waals surface area contributed by atoms with E-state index in [0.29, 0.717) is 12.1 Å². The Kier molecular flexibility index (Phi) is 4.05. The summed E-state index contributed by atoms with van der Waals surface area (Å²) in [6.45, 7) is 10.9. The summed E-state index contributed by atoms with van der Waals surface area (Å²) in [6, 6.07) is 3.25. The predicted octanol–water partition coefficient (Wildman–Crippen LogP) is 2.36. The molecule has 0 unspecified atom stereocenters. The number of fused-ring (bicyclic) bond motifs is 3. The zero-order valence-corrected chi connectivity index (χ0v) is 14.4. The fraction of sp³-hybridized carbons (Fsp3) is 0.722. The molecule has 0 N–H and O–H groups in total. The summed E-state index contributed by atoms with van der Waals surface area (Å²) in [4.78, 5) is 12.2. The first-order valence-corrected chi connectivity index (χ1v) is 9.11. The quantitative estimate of drug-likeness (QED) is 0.836. The molecule has 4 rings (SSSR count). The molecule has 4 heterocycles. The van der Waals surface area contributed by atoms with Crippen LogP contribution in [0.25, 0.3) is 0 Å². The van der Waals surface area contributed by atoms with E-state index in [1.54, 1.807) is 0 Å². The Balaban J connectivity index is 1.53. The summed E-state index contributed by atoms with van der Waals surface area (Å²) in [6.07, 6.45) is 5.98. The van der Waals surface area contributed by atoms with Gasteiger partial charge in [0.1, 0.15) is 6.61 Å². The van der Waals surface area contributed by atoms with Crippen LogP contribution < -0.4 is 14.5 Å². The highest BCUT2D eigenvalue weighted by Gasteiger charge is 2.34. The number of anilines is 2. The van der Waals surface area contributed by atoms with Crippen LogP contribution in [-0.2, 0) is 0 Å². The van der Waals surface area contributed by atoms with E-state index in [-0.39, 0.29) is 0 Å². The maximum Gasteiger partial charge on any atom is 0.171 e.